The molecule has 3 aromatic rings. The molecule has 1 aromatic carbocycles. The smallest absolute Gasteiger partial charge is 0.356 e. The second-order valence-corrected chi connectivity index (χ2v) is 7.04. The van der Waals surface area contributed by atoms with E-state index in [0.717, 1.165) is 10.2 Å². The average Bonchev–Trinajstić information content (AvgIpc) is 3.27. The molecule has 0 atom stereocenters. The van der Waals surface area contributed by atoms with E-state index in [1.54, 1.807) is 11.0 Å². The molecule has 1 amide bonds. The first-order valence-corrected chi connectivity index (χ1v) is 9.67. The number of piperazine rings is 1. The number of carboxylic acid groups (broad SMARTS) is 1. The molecule has 3 heterocycles. The molecule has 1 aliphatic heterocycles. The summed E-state index contributed by atoms with van der Waals surface area (Å²) in [7, 11) is 0. The summed E-state index contributed by atoms with van der Waals surface area (Å²) < 4.78 is 20.3. The Kier molecular flexibility index (Phi) is 5.89. The lowest BCUT2D eigenvalue weighted by Gasteiger charge is -2.34. The second kappa shape index (κ2) is 8.92. The fourth-order valence-electron chi connectivity index (χ4n) is 3.31. The maximum Gasteiger partial charge on any atom is 0.356 e. The third-order valence-electron chi connectivity index (χ3n) is 4.89. The Morgan fingerprint density at radius 3 is 2.61 bits per heavy atom. The zero-order valence-corrected chi connectivity index (χ0v) is 16.5. The first kappa shape index (κ1) is 20.5. The second-order valence-electron chi connectivity index (χ2n) is 7.04. The van der Waals surface area contributed by atoms with Crippen LogP contribution in [0.1, 0.15) is 16.1 Å². The number of carbonyl (C=O) groups excluding carboxylic acids is 1. The Morgan fingerprint density at radius 2 is 1.90 bits per heavy atom. The number of ether oxygens (including phenoxy) is 1. The summed E-state index contributed by atoms with van der Waals surface area (Å²) in [5, 5.41) is 12.7. The minimum atomic E-state index is -1.17. The third kappa shape index (κ3) is 4.86. The van der Waals surface area contributed by atoms with Crippen molar-refractivity contribution in [3.63, 3.8) is 0 Å². The maximum absolute atomic E-state index is 13.8. The summed E-state index contributed by atoms with van der Waals surface area (Å²) >= 11 is 0. The van der Waals surface area contributed by atoms with Crippen LogP contribution in [0.25, 0.3) is 0 Å². The van der Waals surface area contributed by atoms with Gasteiger partial charge in [-0.15, -0.1) is 0 Å². The van der Waals surface area contributed by atoms with Crippen LogP contribution >= 0.6 is 0 Å². The van der Waals surface area contributed by atoms with Gasteiger partial charge in [0.25, 0.3) is 5.88 Å². The number of carboxylic acids is 1. The van der Waals surface area contributed by atoms with E-state index in [1.165, 1.54) is 30.6 Å². The van der Waals surface area contributed by atoms with E-state index < -0.39 is 11.8 Å². The van der Waals surface area contributed by atoms with Crippen molar-refractivity contribution in [1.29, 1.82) is 0 Å². The highest BCUT2D eigenvalue weighted by Gasteiger charge is 2.23. The van der Waals surface area contributed by atoms with Gasteiger partial charge < -0.3 is 14.7 Å². The molecule has 1 N–H and O–H groups in total. The highest BCUT2D eigenvalue weighted by Crippen LogP contribution is 2.23. The van der Waals surface area contributed by atoms with Crippen LogP contribution in [-0.4, -0.2) is 67.9 Å². The molecule has 9 nitrogen and oxygen atoms in total. The van der Waals surface area contributed by atoms with Gasteiger partial charge in [0.15, 0.2) is 11.5 Å². The van der Waals surface area contributed by atoms with E-state index in [1.807, 2.05) is 18.2 Å². The standard InChI is InChI=1S/C21H20FN5O4/c22-17-5-2-7-23-19(17)31-16-4-1-3-15(13-16)14-25-9-11-26(12-10-25)21(30)27-8-6-18(24-27)20(28)29/h1-8,13H,9-12,14H2,(H,28,29). The number of nitrogens with zero attached hydrogens (tertiary/aromatic N) is 5. The summed E-state index contributed by atoms with van der Waals surface area (Å²) in [5.41, 5.74) is 0.825. The Labute approximate surface area is 177 Å². The van der Waals surface area contributed by atoms with Crippen molar-refractivity contribution in [2.45, 2.75) is 6.54 Å². The summed E-state index contributed by atoms with van der Waals surface area (Å²) in [6, 6.07) is 11.1. The number of aromatic carboxylic acids is 1. The fraction of sp³-hybridized carbons (Fsp3) is 0.238. The molecule has 0 saturated carbocycles. The molecule has 0 spiro atoms. The first-order valence-electron chi connectivity index (χ1n) is 9.67. The van der Waals surface area contributed by atoms with Gasteiger partial charge in [0.2, 0.25) is 0 Å². The molecule has 4 rings (SSSR count). The van der Waals surface area contributed by atoms with E-state index >= 15 is 0 Å². The monoisotopic (exact) mass is 425 g/mol. The highest BCUT2D eigenvalue weighted by molar-refractivity contribution is 5.86. The van der Waals surface area contributed by atoms with Crippen LogP contribution in [0.2, 0.25) is 0 Å². The minimum Gasteiger partial charge on any atom is -0.476 e. The summed E-state index contributed by atoms with van der Waals surface area (Å²) in [6.45, 7) is 2.94. The van der Waals surface area contributed by atoms with Crippen molar-refractivity contribution < 1.29 is 23.8 Å². The largest absolute Gasteiger partial charge is 0.476 e. The van der Waals surface area contributed by atoms with Gasteiger partial charge in [0, 0.05) is 45.1 Å². The van der Waals surface area contributed by atoms with Crippen molar-refractivity contribution in [2.24, 2.45) is 0 Å². The SMILES string of the molecule is O=C(O)c1ccn(C(=O)N2CCN(Cc3cccc(Oc4ncccc4F)c3)CC2)n1. The molecular weight excluding hydrogens is 405 g/mol. The van der Waals surface area contributed by atoms with Crippen molar-refractivity contribution in [3.8, 4) is 11.6 Å². The van der Waals surface area contributed by atoms with Gasteiger partial charge in [-0.25, -0.2) is 19.0 Å². The average molecular weight is 425 g/mol. The predicted molar refractivity (Wildman–Crippen MR) is 108 cm³/mol. The van der Waals surface area contributed by atoms with E-state index in [9.17, 15) is 14.0 Å². The zero-order valence-electron chi connectivity index (χ0n) is 16.5. The van der Waals surface area contributed by atoms with E-state index in [4.69, 9.17) is 9.84 Å². The van der Waals surface area contributed by atoms with Gasteiger partial charge in [-0.3, -0.25) is 4.90 Å². The summed E-state index contributed by atoms with van der Waals surface area (Å²) in [6.07, 6.45) is 2.82. The number of pyridine rings is 1. The lowest BCUT2D eigenvalue weighted by molar-refractivity contribution is 0.0689. The van der Waals surface area contributed by atoms with Gasteiger partial charge in [0.05, 0.1) is 0 Å². The molecular formula is C21H20FN5O4. The van der Waals surface area contributed by atoms with Crippen molar-refractivity contribution in [1.82, 2.24) is 24.6 Å². The van der Waals surface area contributed by atoms with Gasteiger partial charge in [-0.05, 0) is 35.9 Å². The molecule has 0 bridgehead atoms. The number of hydrogen-bond acceptors (Lipinski definition) is 6. The van der Waals surface area contributed by atoms with Gasteiger partial charge in [-0.2, -0.15) is 9.78 Å². The molecule has 1 fully saturated rings. The zero-order chi connectivity index (χ0) is 21.8. The normalized spacial score (nSPS) is 14.4. The van der Waals surface area contributed by atoms with Crippen LogP contribution in [0, 0.1) is 5.82 Å². The molecule has 1 saturated heterocycles. The van der Waals surface area contributed by atoms with Crippen LogP contribution in [-0.2, 0) is 6.54 Å². The van der Waals surface area contributed by atoms with Crippen molar-refractivity contribution in [3.05, 3.63) is 71.9 Å². The molecule has 2 aromatic heterocycles. The van der Waals surface area contributed by atoms with Crippen LogP contribution in [0.4, 0.5) is 9.18 Å². The quantitative estimate of drug-likeness (QED) is 0.671. The van der Waals surface area contributed by atoms with Crippen molar-refractivity contribution >= 4 is 12.0 Å². The summed E-state index contributed by atoms with van der Waals surface area (Å²) in [4.78, 5) is 31.2. The maximum atomic E-state index is 13.8. The van der Waals surface area contributed by atoms with Gasteiger partial charge in [0.1, 0.15) is 5.75 Å². The topological polar surface area (TPSA) is 101 Å². The summed E-state index contributed by atoms with van der Waals surface area (Å²) in [5.74, 6) is -1.28. The Morgan fingerprint density at radius 1 is 1.10 bits per heavy atom. The lowest BCUT2D eigenvalue weighted by Crippen LogP contribution is -2.49. The lowest BCUT2D eigenvalue weighted by atomic mass is 10.2. The van der Waals surface area contributed by atoms with Crippen molar-refractivity contribution in [2.75, 3.05) is 26.2 Å². The molecule has 10 heteroatoms. The van der Waals surface area contributed by atoms with Crippen LogP contribution in [0.3, 0.4) is 0 Å². The van der Waals surface area contributed by atoms with E-state index in [2.05, 4.69) is 15.0 Å². The van der Waals surface area contributed by atoms with Gasteiger partial charge in [-0.1, -0.05) is 12.1 Å². The minimum absolute atomic E-state index is 0.0727. The van der Waals surface area contributed by atoms with Gasteiger partial charge >= 0.3 is 12.0 Å². The fourth-order valence-corrected chi connectivity index (χ4v) is 3.31. The highest BCUT2D eigenvalue weighted by atomic mass is 19.1. The molecule has 31 heavy (non-hydrogen) atoms. The Balaban J connectivity index is 1.33. The Hall–Kier alpha value is -3.79. The number of rotatable bonds is 5. The number of aromatic nitrogens is 3. The predicted octanol–water partition coefficient (Wildman–Crippen LogP) is 2.69. The molecule has 160 valence electrons. The molecule has 0 unspecified atom stereocenters. The number of carbonyl (C=O) groups is 2. The number of halogens is 1. The first-order chi connectivity index (χ1) is 15.0. The number of amides is 1. The molecule has 0 radical (unpaired) electrons. The van der Waals surface area contributed by atoms with Crippen LogP contribution in [0.5, 0.6) is 11.6 Å². The van der Waals surface area contributed by atoms with Crippen LogP contribution in [0.15, 0.2) is 54.9 Å². The molecule has 0 aliphatic carbocycles. The number of hydrogen-bond donors (Lipinski definition) is 1. The van der Waals surface area contributed by atoms with Crippen LogP contribution < -0.4 is 4.74 Å². The third-order valence-corrected chi connectivity index (χ3v) is 4.89. The molecule has 1 aliphatic rings. The number of benzene rings is 1. The Bertz CT molecular complexity index is 1090. The van der Waals surface area contributed by atoms with E-state index in [0.29, 0.717) is 38.5 Å². The van der Waals surface area contributed by atoms with E-state index in [-0.39, 0.29) is 17.6 Å².